The van der Waals surface area contributed by atoms with Gasteiger partial charge in [0.15, 0.2) is 0 Å². The van der Waals surface area contributed by atoms with Crippen molar-refractivity contribution >= 4 is 34.0 Å². The molecule has 0 bridgehead atoms. The molecular formula is C18H21N3O3S. The van der Waals surface area contributed by atoms with E-state index < -0.39 is 0 Å². The first-order valence-electron chi connectivity index (χ1n) is 8.19. The van der Waals surface area contributed by atoms with Crippen LogP contribution in [-0.4, -0.2) is 42.1 Å². The fourth-order valence-corrected chi connectivity index (χ4v) is 3.68. The lowest BCUT2D eigenvalue weighted by molar-refractivity contribution is -0.0585. The lowest BCUT2D eigenvalue weighted by atomic mass is 10.2. The lowest BCUT2D eigenvalue weighted by Crippen LogP contribution is -2.48. The lowest BCUT2D eigenvalue weighted by Gasteiger charge is -2.35. The third kappa shape index (κ3) is 4.58. The van der Waals surface area contributed by atoms with Crippen LogP contribution in [-0.2, 0) is 4.74 Å². The van der Waals surface area contributed by atoms with Gasteiger partial charge in [0.25, 0.3) is 5.91 Å². The van der Waals surface area contributed by atoms with E-state index in [1.165, 1.54) is 11.3 Å². The molecular weight excluding hydrogens is 338 g/mol. The maximum absolute atomic E-state index is 12.6. The summed E-state index contributed by atoms with van der Waals surface area (Å²) in [4.78, 5) is 27.1. The molecule has 1 aromatic heterocycles. The van der Waals surface area contributed by atoms with E-state index in [-0.39, 0.29) is 24.1 Å². The second kappa shape index (κ2) is 7.67. The van der Waals surface area contributed by atoms with Crippen molar-refractivity contribution < 1.29 is 14.3 Å². The van der Waals surface area contributed by atoms with Gasteiger partial charge in [-0.3, -0.25) is 10.1 Å². The van der Waals surface area contributed by atoms with Gasteiger partial charge in [-0.05, 0) is 38.1 Å². The van der Waals surface area contributed by atoms with Crippen molar-refractivity contribution in [3.05, 3.63) is 47.3 Å². The molecule has 1 fully saturated rings. The molecule has 3 rings (SSSR count). The average Bonchev–Trinajstić information content (AvgIpc) is 3.02. The first-order valence-corrected chi connectivity index (χ1v) is 9.00. The van der Waals surface area contributed by atoms with Gasteiger partial charge in [0.2, 0.25) is 0 Å². The zero-order valence-electron chi connectivity index (χ0n) is 14.2. The van der Waals surface area contributed by atoms with E-state index in [1.54, 1.807) is 17.0 Å². The number of hydrogen-bond donors (Lipinski definition) is 2. The number of ether oxygens (including phenoxy) is 1. The molecule has 0 saturated carbocycles. The Balaban J connectivity index is 1.60. The van der Waals surface area contributed by atoms with Crippen molar-refractivity contribution in [2.24, 2.45) is 0 Å². The number of thiophene rings is 1. The van der Waals surface area contributed by atoms with Gasteiger partial charge in [-0.2, -0.15) is 0 Å². The van der Waals surface area contributed by atoms with Gasteiger partial charge in [-0.1, -0.05) is 18.2 Å². The van der Waals surface area contributed by atoms with Crippen LogP contribution in [0.25, 0.3) is 0 Å². The van der Waals surface area contributed by atoms with Crippen molar-refractivity contribution in [2.75, 3.05) is 23.7 Å². The Labute approximate surface area is 150 Å². The number of anilines is 2. The number of hydrogen-bond acceptors (Lipinski definition) is 4. The van der Waals surface area contributed by atoms with Crippen LogP contribution in [0.3, 0.4) is 0 Å². The van der Waals surface area contributed by atoms with Crippen LogP contribution in [0.4, 0.5) is 15.5 Å². The summed E-state index contributed by atoms with van der Waals surface area (Å²) >= 11 is 1.27. The predicted octanol–water partition coefficient (Wildman–Crippen LogP) is 3.64. The minimum atomic E-state index is -0.333. The number of urea groups is 1. The topological polar surface area (TPSA) is 70.7 Å². The Morgan fingerprint density at radius 2 is 1.72 bits per heavy atom. The molecule has 0 spiro atoms. The second-order valence-corrected chi connectivity index (χ2v) is 7.16. The third-order valence-electron chi connectivity index (χ3n) is 3.79. The van der Waals surface area contributed by atoms with Gasteiger partial charge < -0.3 is 15.0 Å². The molecule has 7 heteroatoms. The number of carbonyl (C=O) groups is 2. The van der Waals surface area contributed by atoms with Crippen LogP contribution in [0.15, 0.2) is 42.5 Å². The molecule has 2 unspecified atom stereocenters. The number of morpholine rings is 1. The highest BCUT2D eigenvalue weighted by Gasteiger charge is 2.27. The van der Waals surface area contributed by atoms with Gasteiger partial charge >= 0.3 is 6.03 Å². The van der Waals surface area contributed by atoms with Crippen molar-refractivity contribution in [3.63, 3.8) is 0 Å². The molecule has 2 aromatic rings. The van der Waals surface area contributed by atoms with Crippen molar-refractivity contribution in [2.45, 2.75) is 26.1 Å². The molecule has 2 atom stereocenters. The Kier molecular flexibility index (Phi) is 5.35. The normalized spacial score (nSPS) is 20.2. The number of nitrogens with zero attached hydrogens (tertiary/aromatic N) is 1. The second-order valence-electron chi connectivity index (χ2n) is 6.08. The fraction of sp³-hybridized carbons (Fsp3) is 0.333. The quantitative estimate of drug-likeness (QED) is 0.879. The molecule has 25 heavy (non-hydrogen) atoms. The van der Waals surface area contributed by atoms with E-state index in [2.05, 4.69) is 10.6 Å². The number of carbonyl (C=O) groups excluding carboxylic acids is 2. The molecule has 3 amide bonds. The van der Waals surface area contributed by atoms with Gasteiger partial charge in [-0.15, -0.1) is 11.3 Å². The van der Waals surface area contributed by atoms with E-state index >= 15 is 0 Å². The molecule has 1 aromatic carbocycles. The Hall–Kier alpha value is -2.38. The van der Waals surface area contributed by atoms with E-state index in [9.17, 15) is 9.59 Å². The molecule has 1 aliphatic rings. The van der Waals surface area contributed by atoms with Crippen LogP contribution in [0.1, 0.15) is 23.5 Å². The van der Waals surface area contributed by atoms with Crippen LogP contribution < -0.4 is 10.6 Å². The zero-order valence-corrected chi connectivity index (χ0v) is 15.0. The largest absolute Gasteiger partial charge is 0.372 e. The number of rotatable bonds is 3. The molecule has 6 nitrogen and oxygen atoms in total. The SMILES string of the molecule is CC1CN(C(=O)c2ccc(NC(=O)Nc3ccccc3)s2)CC(C)O1. The van der Waals surface area contributed by atoms with Crippen LogP contribution in [0.5, 0.6) is 0 Å². The van der Waals surface area contributed by atoms with Crippen molar-refractivity contribution in [1.29, 1.82) is 0 Å². The van der Waals surface area contributed by atoms with Gasteiger partial charge in [-0.25, -0.2) is 4.79 Å². The third-order valence-corrected chi connectivity index (χ3v) is 4.78. The number of para-hydroxylation sites is 1. The van der Waals surface area contributed by atoms with Crippen LogP contribution in [0.2, 0.25) is 0 Å². The van der Waals surface area contributed by atoms with Gasteiger partial charge in [0, 0.05) is 18.8 Å². The summed E-state index contributed by atoms with van der Waals surface area (Å²) in [6.07, 6.45) is 0.0591. The summed E-state index contributed by atoms with van der Waals surface area (Å²) in [7, 11) is 0. The number of benzene rings is 1. The van der Waals surface area contributed by atoms with Crippen LogP contribution in [0, 0.1) is 0 Å². The van der Waals surface area contributed by atoms with Gasteiger partial charge in [0.05, 0.1) is 22.1 Å². The summed E-state index contributed by atoms with van der Waals surface area (Å²) in [6, 6.07) is 12.4. The summed E-state index contributed by atoms with van der Waals surface area (Å²) in [5, 5.41) is 6.14. The number of nitrogens with one attached hydrogen (secondary N) is 2. The van der Waals surface area contributed by atoms with Gasteiger partial charge in [0.1, 0.15) is 0 Å². The maximum Gasteiger partial charge on any atom is 0.324 e. The molecule has 2 heterocycles. The summed E-state index contributed by atoms with van der Waals surface area (Å²) < 4.78 is 5.66. The molecule has 1 saturated heterocycles. The standard InChI is InChI=1S/C18H21N3O3S/c1-12-10-21(11-13(2)24-12)17(22)15-8-9-16(25-15)20-18(23)19-14-6-4-3-5-7-14/h3-9,12-13H,10-11H2,1-2H3,(H2,19,20,23). The summed E-state index contributed by atoms with van der Waals surface area (Å²) in [5.74, 6) is -0.0245. The minimum Gasteiger partial charge on any atom is -0.372 e. The maximum atomic E-state index is 12.6. The molecule has 2 N–H and O–H groups in total. The average molecular weight is 359 g/mol. The summed E-state index contributed by atoms with van der Waals surface area (Å²) in [5.41, 5.74) is 0.712. The highest BCUT2D eigenvalue weighted by Crippen LogP contribution is 2.25. The summed E-state index contributed by atoms with van der Waals surface area (Å²) in [6.45, 7) is 5.09. The highest BCUT2D eigenvalue weighted by molar-refractivity contribution is 7.18. The zero-order chi connectivity index (χ0) is 17.8. The van der Waals surface area contributed by atoms with E-state index in [4.69, 9.17) is 4.74 Å². The highest BCUT2D eigenvalue weighted by atomic mass is 32.1. The van der Waals surface area contributed by atoms with E-state index in [0.717, 1.165) is 0 Å². The van der Waals surface area contributed by atoms with E-state index in [1.807, 2.05) is 44.2 Å². The Morgan fingerprint density at radius 1 is 1.04 bits per heavy atom. The molecule has 1 aliphatic heterocycles. The fourth-order valence-electron chi connectivity index (χ4n) is 2.82. The van der Waals surface area contributed by atoms with Crippen molar-refractivity contribution in [1.82, 2.24) is 4.90 Å². The Morgan fingerprint density at radius 3 is 2.40 bits per heavy atom. The monoisotopic (exact) mass is 359 g/mol. The predicted molar refractivity (Wildman–Crippen MR) is 99.3 cm³/mol. The van der Waals surface area contributed by atoms with E-state index in [0.29, 0.717) is 28.7 Å². The first-order chi connectivity index (χ1) is 12.0. The first kappa shape index (κ1) is 17.4. The minimum absolute atomic E-state index is 0.0245. The van der Waals surface area contributed by atoms with Crippen molar-refractivity contribution in [3.8, 4) is 0 Å². The molecule has 0 aliphatic carbocycles. The number of amides is 3. The smallest absolute Gasteiger partial charge is 0.324 e. The van der Waals surface area contributed by atoms with Crippen LogP contribution >= 0.6 is 11.3 Å². The molecule has 0 radical (unpaired) electrons. The molecule has 132 valence electrons. The Bertz CT molecular complexity index is 737.